The van der Waals surface area contributed by atoms with Gasteiger partial charge >= 0.3 is 5.97 Å². The Morgan fingerprint density at radius 1 is 1.47 bits per heavy atom. The molecule has 0 spiro atoms. The highest BCUT2D eigenvalue weighted by Crippen LogP contribution is 2.30. The predicted molar refractivity (Wildman–Crippen MR) is 59.5 cm³/mol. The highest BCUT2D eigenvalue weighted by molar-refractivity contribution is 5.74. The molecule has 3 heteroatoms. The Hall–Kier alpha value is -1.01. The average Bonchev–Trinajstić information content (AvgIpc) is 2.21. The summed E-state index contributed by atoms with van der Waals surface area (Å²) in [5.41, 5.74) is -0.507. The summed E-state index contributed by atoms with van der Waals surface area (Å²) in [7, 11) is 0. The van der Waals surface area contributed by atoms with Crippen LogP contribution >= 0.6 is 0 Å². The Morgan fingerprint density at radius 2 is 2.07 bits per heavy atom. The van der Waals surface area contributed by atoms with Crippen molar-refractivity contribution in [2.75, 3.05) is 19.6 Å². The van der Waals surface area contributed by atoms with Gasteiger partial charge in [0.25, 0.3) is 0 Å². The van der Waals surface area contributed by atoms with Crippen LogP contribution in [0.15, 0.2) is 0 Å². The summed E-state index contributed by atoms with van der Waals surface area (Å²) < 4.78 is 0. The molecule has 3 nitrogen and oxygen atoms in total. The van der Waals surface area contributed by atoms with Crippen LogP contribution in [0.5, 0.6) is 0 Å². The lowest BCUT2D eigenvalue weighted by Gasteiger charge is -2.36. The minimum absolute atomic E-state index is 0.507. The van der Waals surface area contributed by atoms with E-state index in [1.165, 1.54) is 0 Å². The monoisotopic (exact) mass is 209 g/mol. The summed E-state index contributed by atoms with van der Waals surface area (Å²) in [6, 6.07) is 0. The van der Waals surface area contributed by atoms with Crippen molar-refractivity contribution in [2.45, 2.75) is 33.1 Å². The van der Waals surface area contributed by atoms with Crippen molar-refractivity contribution < 1.29 is 9.90 Å². The van der Waals surface area contributed by atoms with Crippen molar-refractivity contribution in [3.05, 3.63) is 0 Å². The zero-order valence-electron chi connectivity index (χ0n) is 9.55. The molecular formula is C12H19NO2. The number of nitrogens with zero attached hydrogens (tertiary/aromatic N) is 1. The summed E-state index contributed by atoms with van der Waals surface area (Å²) in [5.74, 6) is 5.25. The standard InChI is InChI=1S/C12H19NO2/c1-3-4-5-8-13-9-6-12(2,7-10-13)11(14)15/h5-10H2,1-2H3,(H,14,15). The van der Waals surface area contributed by atoms with Crippen molar-refractivity contribution in [1.82, 2.24) is 4.90 Å². The Labute approximate surface area is 91.5 Å². The first-order valence-corrected chi connectivity index (χ1v) is 5.44. The lowest BCUT2D eigenvalue weighted by molar-refractivity contribution is -0.150. The Balaban J connectivity index is 2.34. The minimum Gasteiger partial charge on any atom is -0.481 e. The number of piperidine rings is 1. The van der Waals surface area contributed by atoms with E-state index in [-0.39, 0.29) is 0 Å². The van der Waals surface area contributed by atoms with Crippen LogP contribution in [0.4, 0.5) is 0 Å². The smallest absolute Gasteiger partial charge is 0.309 e. The average molecular weight is 209 g/mol. The van der Waals surface area contributed by atoms with Crippen LogP contribution < -0.4 is 0 Å². The van der Waals surface area contributed by atoms with E-state index in [0.717, 1.165) is 38.9 Å². The number of rotatable bonds is 3. The van der Waals surface area contributed by atoms with E-state index in [1.807, 2.05) is 13.8 Å². The van der Waals surface area contributed by atoms with E-state index in [1.54, 1.807) is 0 Å². The molecule has 0 bridgehead atoms. The van der Waals surface area contributed by atoms with Crippen LogP contribution in [0, 0.1) is 17.3 Å². The van der Waals surface area contributed by atoms with E-state index >= 15 is 0 Å². The zero-order valence-corrected chi connectivity index (χ0v) is 9.55. The van der Waals surface area contributed by atoms with Gasteiger partial charge in [0, 0.05) is 13.0 Å². The maximum Gasteiger partial charge on any atom is 0.309 e. The van der Waals surface area contributed by atoms with Gasteiger partial charge in [-0.15, -0.1) is 11.8 Å². The van der Waals surface area contributed by atoms with Crippen LogP contribution in [0.25, 0.3) is 0 Å². The minimum atomic E-state index is -0.657. The van der Waals surface area contributed by atoms with E-state index in [2.05, 4.69) is 16.7 Å². The first kappa shape index (κ1) is 12.1. The summed E-state index contributed by atoms with van der Waals surface area (Å²) in [6.45, 7) is 6.43. The third-order valence-electron chi connectivity index (χ3n) is 3.21. The number of likely N-dealkylation sites (tertiary alicyclic amines) is 1. The lowest BCUT2D eigenvalue weighted by Crippen LogP contribution is -2.42. The largest absolute Gasteiger partial charge is 0.481 e. The maximum absolute atomic E-state index is 11.0. The summed E-state index contributed by atoms with van der Waals surface area (Å²) in [4.78, 5) is 13.3. The zero-order chi connectivity index (χ0) is 11.3. The second-order valence-electron chi connectivity index (χ2n) is 4.38. The van der Waals surface area contributed by atoms with E-state index in [4.69, 9.17) is 5.11 Å². The van der Waals surface area contributed by atoms with Gasteiger partial charge in [-0.25, -0.2) is 0 Å². The molecule has 0 aliphatic carbocycles. The van der Waals surface area contributed by atoms with Gasteiger partial charge in [0.2, 0.25) is 0 Å². The van der Waals surface area contributed by atoms with Gasteiger partial charge < -0.3 is 10.0 Å². The molecule has 0 unspecified atom stereocenters. The third kappa shape index (κ3) is 3.24. The SMILES string of the molecule is CC#CCCN1CCC(C)(C(=O)O)CC1. The van der Waals surface area contributed by atoms with Crippen molar-refractivity contribution >= 4 is 5.97 Å². The molecule has 0 amide bonds. The molecule has 1 heterocycles. The van der Waals surface area contributed by atoms with Crippen LogP contribution in [0.1, 0.15) is 33.1 Å². The molecule has 1 rings (SSSR count). The summed E-state index contributed by atoms with van der Waals surface area (Å²) >= 11 is 0. The second-order valence-corrected chi connectivity index (χ2v) is 4.38. The first-order valence-electron chi connectivity index (χ1n) is 5.44. The molecule has 0 radical (unpaired) electrons. The van der Waals surface area contributed by atoms with Gasteiger partial charge in [-0.3, -0.25) is 4.79 Å². The first-order chi connectivity index (χ1) is 7.08. The summed E-state index contributed by atoms with van der Waals surface area (Å²) in [5, 5.41) is 9.06. The van der Waals surface area contributed by atoms with Gasteiger partial charge in [-0.05, 0) is 39.8 Å². The van der Waals surface area contributed by atoms with Crippen molar-refractivity contribution in [3.63, 3.8) is 0 Å². The Bertz CT molecular complexity index is 280. The van der Waals surface area contributed by atoms with Crippen molar-refractivity contribution in [3.8, 4) is 11.8 Å². The second kappa shape index (κ2) is 5.18. The molecule has 0 aromatic heterocycles. The van der Waals surface area contributed by atoms with Gasteiger partial charge in [-0.2, -0.15) is 0 Å². The molecule has 84 valence electrons. The number of carboxylic acid groups (broad SMARTS) is 1. The molecule has 1 saturated heterocycles. The number of carboxylic acids is 1. The number of hydrogen-bond acceptors (Lipinski definition) is 2. The lowest BCUT2D eigenvalue weighted by atomic mass is 9.80. The molecular weight excluding hydrogens is 190 g/mol. The molecule has 0 atom stereocenters. The maximum atomic E-state index is 11.0. The molecule has 1 aliphatic rings. The predicted octanol–water partition coefficient (Wildman–Crippen LogP) is 1.59. The van der Waals surface area contributed by atoms with Crippen LogP contribution in [-0.2, 0) is 4.79 Å². The fraction of sp³-hybridized carbons (Fsp3) is 0.750. The van der Waals surface area contributed by atoms with E-state index in [0.29, 0.717) is 0 Å². The van der Waals surface area contributed by atoms with E-state index < -0.39 is 11.4 Å². The highest BCUT2D eigenvalue weighted by atomic mass is 16.4. The number of hydrogen-bond donors (Lipinski definition) is 1. The quantitative estimate of drug-likeness (QED) is 0.717. The van der Waals surface area contributed by atoms with Crippen LogP contribution in [0.3, 0.4) is 0 Å². The van der Waals surface area contributed by atoms with Gasteiger partial charge in [0.15, 0.2) is 0 Å². The van der Waals surface area contributed by atoms with Gasteiger partial charge in [-0.1, -0.05) is 0 Å². The number of carbonyl (C=O) groups is 1. The normalized spacial score (nSPS) is 20.4. The molecule has 1 N–H and O–H groups in total. The molecule has 0 saturated carbocycles. The van der Waals surface area contributed by atoms with Crippen LogP contribution in [0.2, 0.25) is 0 Å². The fourth-order valence-electron chi connectivity index (χ4n) is 1.82. The van der Waals surface area contributed by atoms with E-state index in [9.17, 15) is 4.79 Å². The third-order valence-corrected chi connectivity index (χ3v) is 3.21. The van der Waals surface area contributed by atoms with Crippen LogP contribution in [-0.4, -0.2) is 35.6 Å². The molecule has 0 aromatic carbocycles. The topological polar surface area (TPSA) is 40.5 Å². The molecule has 15 heavy (non-hydrogen) atoms. The van der Waals surface area contributed by atoms with Gasteiger partial charge in [0.1, 0.15) is 0 Å². The summed E-state index contributed by atoms with van der Waals surface area (Å²) in [6.07, 6.45) is 2.39. The van der Waals surface area contributed by atoms with Gasteiger partial charge in [0.05, 0.1) is 5.41 Å². The molecule has 0 aromatic rings. The van der Waals surface area contributed by atoms with Crippen molar-refractivity contribution in [2.24, 2.45) is 5.41 Å². The molecule has 1 fully saturated rings. The Morgan fingerprint density at radius 3 is 2.53 bits per heavy atom. The Kier molecular flexibility index (Phi) is 4.16. The fourth-order valence-corrected chi connectivity index (χ4v) is 1.82. The molecule has 1 aliphatic heterocycles. The highest BCUT2D eigenvalue weighted by Gasteiger charge is 2.36. The van der Waals surface area contributed by atoms with Crippen molar-refractivity contribution in [1.29, 1.82) is 0 Å². The number of aliphatic carboxylic acids is 1.